The van der Waals surface area contributed by atoms with Crippen LogP contribution < -0.4 is 5.32 Å². The van der Waals surface area contributed by atoms with Crippen LogP contribution in [-0.2, 0) is 14.3 Å². The summed E-state index contributed by atoms with van der Waals surface area (Å²) in [5.74, 6) is -2.46. The van der Waals surface area contributed by atoms with Gasteiger partial charge in [-0.15, -0.1) is 0 Å². The number of carbonyl (C=O) groups excluding carboxylic acids is 2. The quantitative estimate of drug-likeness (QED) is 0.429. The third-order valence-corrected chi connectivity index (χ3v) is 3.99. The van der Waals surface area contributed by atoms with Gasteiger partial charge >= 0.3 is 12.1 Å². The van der Waals surface area contributed by atoms with Gasteiger partial charge in [-0.3, -0.25) is 4.79 Å². The van der Waals surface area contributed by atoms with Gasteiger partial charge in [0.2, 0.25) is 0 Å². The number of benzene rings is 1. The number of esters is 1. The number of amides is 1. The van der Waals surface area contributed by atoms with Crippen molar-refractivity contribution in [2.24, 2.45) is 0 Å². The first kappa shape index (κ1) is 22.4. The summed E-state index contributed by atoms with van der Waals surface area (Å²) in [6, 6.07) is 5.41. The molecule has 29 heavy (non-hydrogen) atoms. The maximum absolute atomic E-state index is 13.1. The van der Waals surface area contributed by atoms with E-state index in [1.165, 1.54) is 35.0 Å². The summed E-state index contributed by atoms with van der Waals surface area (Å²) < 4.78 is 55.5. The Morgan fingerprint density at radius 2 is 1.93 bits per heavy atom. The number of hydrogen-bond donors (Lipinski definition) is 1. The second kappa shape index (κ2) is 9.08. The third kappa shape index (κ3) is 6.31. The first-order valence-electron chi connectivity index (χ1n) is 8.22. The van der Waals surface area contributed by atoms with Crippen LogP contribution in [0.3, 0.4) is 0 Å². The predicted molar refractivity (Wildman–Crippen MR) is 96.9 cm³/mol. The number of carbonyl (C=O) groups is 2. The summed E-state index contributed by atoms with van der Waals surface area (Å²) >= 11 is 6.26. The van der Waals surface area contributed by atoms with Crippen molar-refractivity contribution in [3.05, 3.63) is 52.6 Å². The lowest BCUT2D eigenvalue weighted by molar-refractivity contribution is -0.154. The van der Waals surface area contributed by atoms with Crippen LogP contribution in [-0.4, -0.2) is 40.5 Å². The number of nitrogens with zero attached hydrogens (tertiary/aromatic N) is 2. The molecule has 156 valence electrons. The van der Waals surface area contributed by atoms with Crippen LogP contribution in [0.1, 0.15) is 18.2 Å². The largest absolute Gasteiger partial charge is 0.449 e. The predicted octanol–water partition coefficient (Wildman–Crippen LogP) is 3.60. The van der Waals surface area contributed by atoms with Gasteiger partial charge in [0, 0.05) is 11.6 Å². The van der Waals surface area contributed by atoms with Gasteiger partial charge in [0.25, 0.3) is 5.91 Å². The minimum absolute atomic E-state index is 0.147. The van der Waals surface area contributed by atoms with Gasteiger partial charge in [0.15, 0.2) is 6.10 Å². The van der Waals surface area contributed by atoms with Gasteiger partial charge in [-0.25, -0.2) is 13.9 Å². The van der Waals surface area contributed by atoms with E-state index in [-0.39, 0.29) is 5.15 Å². The molecule has 1 heterocycles. The van der Waals surface area contributed by atoms with E-state index >= 15 is 0 Å². The maximum Gasteiger partial charge on any atom is 0.405 e. The number of rotatable bonds is 6. The molecule has 0 aliphatic carbocycles. The van der Waals surface area contributed by atoms with Crippen LogP contribution in [0.4, 0.5) is 17.6 Å². The van der Waals surface area contributed by atoms with Gasteiger partial charge in [0.05, 0.1) is 11.4 Å². The van der Waals surface area contributed by atoms with Crippen molar-refractivity contribution in [2.45, 2.75) is 26.1 Å². The second-order valence-corrected chi connectivity index (χ2v) is 6.28. The standard InChI is InChI=1S/C18H16ClF4N3O3/c1-10-14(16(19)26(25-10)13-5-3-12(20)4-6-13)7-8-15(27)29-11(2)17(28)24-9-18(21,22)23/h3-8,11H,9H2,1-2H3,(H,24,28)/b8-7+. The van der Waals surface area contributed by atoms with Gasteiger partial charge in [-0.2, -0.15) is 18.3 Å². The first-order valence-corrected chi connectivity index (χ1v) is 8.60. The number of halogens is 5. The van der Waals surface area contributed by atoms with E-state index in [0.717, 1.165) is 13.0 Å². The minimum atomic E-state index is -4.57. The molecule has 1 N–H and O–H groups in total. The topological polar surface area (TPSA) is 73.2 Å². The van der Waals surface area contributed by atoms with Gasteiger partial charge in [-0.05, 0) is 44.2 Å². The smallest absolute Gasteiger partial charge is 0.405 e. The van der Waals surface area contributed by atoms with Gasteiger partial charge in [-0.1, -0.05) is 11.6 Å². The Labute approximate surface area is 168 Å². The van der Waals surface area contributed by atoms with Crippen LogP contribution in [0.25, 0.3) is 11.8 Å². The highest BCUT2D eigenvalue weighted by atomic mass is 35.5. The minimum Gasteiger partial charge on any atom is -0.449 e. The molecule has 2 rings (SSSR count). The number of alkyl halides is 3. The van der Waals surface area contributed by atoms with Crippen LogP contribution in [0.2, 0.25) is 5.15 Å². The SMILES string of the molecule is Cc1nn(-c2ccc(F)cc2)c(Cl)c1/C=C/C(=O)OC(C)C(=O)NCC(F)(F)F. The number of ether oxygens (including phenoxy) is 1. The van der Waals surface area contributed by atoms with E-state index in [9.17, 15) is 27.2 Å². The number of aromatic nitrogens is 2. The van der Waals surface area contributed by atoms with E-state index in [1.54, 1.807) is 12.2 Å². The normalized spacial score (nSPS) is 12.8. The fourth-order valence-corrected chi connectivity index (χ4v) is 2.54. The number of aryl methyl sites for hydroxylation is 1. The summed E-state index contributed by atoms with van der Waals surface area (Å²) in [4.78, 5) is 23.4. The zero-order chi connectivity index (χ0) is 21.8. The molecule has 2 aromatic rings. The molecular weight excluding hydrogens is 418 g/mol. The molecule has 0 spiro atoms. The highest BCUT2D eigenvalue weighted by molar-refractivity contribution is 6.31. The molecule has 0 radical (unpaired) electrons. The molecule has 0 bridgehead atoms. The first-order chi connectivity index (χ1) is 13.5. The van der Waals surface area contributed by atoms with E-state index in [4.69, 9.17) is 16.3 Å². The van der Waals surface area contributed by atoms with Crippen molar-refractivity contribution in [1.82, 2.24) is 15.1 Å². The van der Waals surface area contributed by atoms with E-state index in [0.29, 0.717) is 16.9 Å². The summed E-state index contributed by atoms with van der Waals surface area (Å²) in [5, 5.41) is 5.98. The molecule has 1 aromatic heterocycles. The Morgan fingerprint density at radius 3 is 2.52 bits per heavy atom. The van der Waals surface area contributed by atoms with E-state index < -0.39 is 36.5 Å². The highest BCUT2D eigenvalue weighted by Gasteiger charge is 2.29. The molecule has 1 aromatic carbocycles. The summed E-state index contributed by atoms with van der Waals surface area (Å²) in [6.07, 6.45) is -3.72. The molecule has 0 saturated heterocycles. The highest BCUT2D eigenvalue weighted by Crippen LogP contribution is 2.25. The van der Waals surface area contributed by atoms with Gasteiger partial charge < -0.3 is 10.1 Å². The molecular formula is C18H16ClF4N3O3. The lowest BCUT2D eigenvalue weighted by Crippen LogP contribution is -2.40. The van der Waals surface area contributed by atoms with Crippen LogP contribution in [0.5, 0.6) is 0 Å². The van der Waals surface area contributed by atoms with Crippen molar-refractivity contribution in [3.63, 3.8) is 0 Å². The number of nitrogens with one attached hydrogen (secondary N) is 1. The van der Waals surface area contributed by atoms with Crippen molar-refractivity contribution in [1.29, 1.82) is 0 Å². The molecule has 0 saturated carbocycles. The van der Waals surface area contributed by atoms with Crippen LogP contribution >= 0.6 is 11.6 Å². The van der Waals surface area contributed by atoms with Crippen molar-refractivity contribution in [3.8, 4) is 5.69 Å². The monoisotopic (exact) mass is 433 g/mol. The molecule has 1 atom stereocenters. The molecule has 6 nitrogen and oxygen atoms in total. The number of hydrogen-bond acceptors (Lipinski definition) is 4. The fraction of sp³-hybridized carbons (Fsp3) is 0.278. The molecule has 0 aliphatic rings. The zero-order valence-electron chi connectivity index (χ0n) is 15.3. The maximum atomic E-state index is 13.1. The Kier molecular flexibility index (Phi) is 7.02. The Bertz CT molecular complexity index is 924. The summed E-state index contributed by atoms with van der Waals surface area (Å²) in [5.41, 5.74) is 1.33. The Balaban J connectivity index is 2.05. The second-order valence-electron chi connectivity index (χ2n) is 5.92. The van der Waals surface area contributed by atoms with Crippen molar-refractivity contribution < 1.29 is 31.9 Å². The lowest BCUT2D eigenvalue weighted by Gasteiger charge is -2.13. The Hall–Kier alpha value is -2.88. The fourth-order valence-electron chi connectivity index (χ4n) is 2.20. The Morgan fingerprint density at radius 1 is 1.31 bits per heavy atom. The van der Waals surface area contributed by atoms with Gasteiger partial charge in [0.1, 0.15) is 17.5 Å². The molecule has 1 unspecified atom stereocenters. The summed E-state index contributed by atoms with van der Waals surface area (Å²) in [6.45, 7) is 1.24. The molecule has 0 fully saturated rings. The lowest BCUT2D eigenvalue weighted by atomic mass is 10.2. The van der Waals surface area contributed by atoms with Crippen LogP contribution in [0, 0.1) is 12.7 Å². The van der Waals surface area contributed by atoms with Crippen molar-refractivity contribution in [2.75, 3.05) is 6.54 Å². The van der Waals surface area contributed by atoms with E-state index in [2.05, 4.69) is 5.10 Å². The van der Waals surface area contributed by atoms with Crippen LogP contribution in [0.15, 0.2) is 30.3 Å². The average Bonchev–Trinajstić information content (AvgIpc) is 2.92. The third-order valence-electron chi connectivity index (χ3n) is 3.63. The van der Waals surface area contributed by atoms with Crippen molar-refractivity contribution >= 4 is 29.6 Å². The molecule has 0 aliphatic heterocycles. The zero-order valence-corrected chi connectivity index (χ0v) is 16.0. The molecule has 1 amide bonds. The summed E-state index contributed by atoms with van der Waals surface area (Å²) in [7, 11) is 0. The molecule has 11 heteroatoms. The van der Waals surface area contributed by atoms with E-state index in [1.807, 2.05) is 0 Å². The average molecular weight is 434 g/mol.